The summed E-state index contributed by atoms with van der Waals surface area (Å²) in [5.74, 6) is -0.299. The van der Waals surface area contributed by atoms with Crippen LogP contribution in [0.5, 0.6) is 0 Å². The van der Waals surface area contributed by atoms with Gasteiger partial charge in [-0.1, -0.05) is 23.7 Å². The molecule has 160 valence electrons. The number of rotatable bonds is 6. The van der Waals surface area contributed by atoms with E-state index in [4.69, 9.17) is 11.6 Å². The van der Waals surface area contributed by atoms with Gasteiger partial charge < -0.3 is 5.32 Å². The molecule has 0 aliphatic heterocycles. The Morgan fingerprint density at radius 1 is 1.13 bits per heavy atom. The van der Waals surface area contributed by atoms with Crippen LogP contribution in [0.25, 0.3) is 0 Å². The van der Waals surface area contributed by atoms with Crippen LogP contribution in [0.3, 0.4) is 0 Å². The summed E-state index contributed by atoms with van der Waals surface area (Å²) < 4.78 is 40.9. The van der Waals surface area contributed by atoms with E-state index in [1.165, 1.54) is 22.2 Å². The number of aromatic nitrogens is 4. The molecular weight excluding hydrogens is 451 g/mol. The Bertz CT molecular complexity index is 1210. The normalized spacial score (nSPS) is 11.6. The van der Waals surface area contributed by atoms with Crippen molar-refractivity contribution in [1.29, 1.82) is 0 Å². The second-order valence-electron chi connectivity index (χ2n) is 6.73. The number of hydrogen-bond donors (Lipinski definition) is 1. The summed E-state index contributed by atoms with van der Waals surface area (Å²) in [6.45, 7) is 0.644. The maximum atomic E-state index is 12.7. The molecule has 1 aromatic carbocycles. The van der Waals surface area contributed by atoms with E-state index in [-0.39, 0.29) is 12.5 Å². The Hall–Kier alpha value is -3.11. The van der Waals surface area contributed by atoms with Crippen molar-refractivity contribution in [3.63, 3.8) is 0 Å². The lowest BCUT2D eigenvalue weighted by Gasteiger charge is -2.07. The monoisotopic (exact) mass is 465 g/mol. The second kappa shape index (κ2) is 8.56. The maximum absolute atomic E-state index is 12.7. The number of halogens is 4. The molecule has 0 unspecified atom stereocenters. The third-order valence-corrected chi connectivity index (χ3v) is 5.46. The van der Waals surface area contributed by atoms with Crippen LogP contribution in [0.4, 0.5) is 18.9 Å². The van der Waals surface area contributed by atoms with E-state index in [0.717, 1.165) is 11.6 Å². The standard InChI is InChI=1S/C20H15ClF3N5OS/c21-15-8-25-29(11-15)9-13-2-1-3-16(6-13)26-19(30)17-7-14(12-31-17)10-28-5-4-18(27-28)20(22,23)24/h1-8,11-12H,9-10H2,(H,26,30). The molecular formula is C20H15ClF3N5OS. The summed E-state index contributed by atoms with van der Waals surface area (Å²) in [4.78, 5) is 13.0. The molecule has 0 bridgehead atoms. The van der Waals surface area contributed by atoms with Crippen molar-refractivity contribution in [2.45, 2.75) is 19.3 Å². The van der Waals surface area contributed by atoms with Gasteiger partial charge in [0.15, 0.2) is 5.69 Å². The lowest BCUT2D eigenvalue weighted by molar-refractivity contribution is -0.141. The highest BCUT2D eigenvalue weighted by Gasteiger charge is 2.33. The fourth-order valence-electron chi connectivity index (χ4n) is 2.92. The number of anilines is 1. The molecule has 1 N–H and O–H groups in total. The van der Waals surface area contributed by atoms with Crippen LogP contribution in [0.1, 0.15) is 26.5 Å². The van der Waals surface area contributed by atoms with E-state index in [1.807, 2.05) is 18.2 Å². The Labute approximate surface area is 183 Å². The molecule has 3 aromatic heterocycles. The maximum Gasteiger partial charge on any atom is 0.435 e. The van der Waals surface area contributed by atoms with Crippen LogP contribution < -0.4 is 5.32 Å². The summed E-state index contributed by atoms with van der Waals surface area (Å²) in [5.41, 5.74) is 1.30. The van der Waals surface area contributed by atoms with Crippen LogP contribution >= 0.6 is 22.9 Å². The zero-order chi connectivity index (χ0) is 22.0. The zero-order valence-corrected chi connectivity index (χ0v) is 17.4. The molecule has 0 aliphatic rings. The Morgan fingerprint density at radius 2 is 1.94 bits per heavy atom. The lowest BCUT2D eigenvalue weighted by atomic mass is 10.2. The topological polar surface area (TPSA) is 64.7 Å². The number of benzene rings is 1. The third kappa shape index (κ3) is 5.33. The summed E-state index contributed by atoms with van der Waals surface area (Å²) >= 11 is 7.09. The van der Waals surface area contributed by atoms with Gasteiger partial charge in [0, 0.05) is 18.1 Å². The van der Waals surface area contributed by atoms with Crippen molar-refractivity contribution in [1.82, 2.24) is 19.6 Å². The summed E-state index contributed by atoms with van der Waals surface area (Å²) in [6.07, 6.45) is 0.0354. The fourth-order valence-corrected chi connectivity index (χ4v) is 3.87. The zero-order valence-electron chi connectivity index (χ0n) is 15.8. The average Bonchev–Trinajstić information content (AvgIpc) is 3.44. The van der Waals surface area contributed by atoms with E-state index >= 15 is 0 Å². The Morgan fingerprint density at radius 3 is 2.65 bits per heavy atom. The Kier molecular flexibility index (Phi) is 5.84. The fraction of sp³-hybridized carbons (Fsp3) is 0.150. The molecule has 0 saturated carbocycles. The van der Waals surface area contributed by atoms with E-state index in [0.29, 0.717) is 27.7 Å². The van der Waals surface area contributed by atoms with Crippen LogP contribution in [-0.4, -0.2) is 25.5 Å². The van der Waals surface area contributed by atoms with Gasteiger partial charge in [-0.25, -0.2) is 0 Å². The number of carbonyl (C=O) groups excluding carboxylic acids is 1. The number of carbonyl (C=O) groups is 1. The van der Waals surface area contributed by atoms with E-state index in [9.17, 15) is 18.0 Å². The first kappa shape index (κ1) is 21.1. The highest BCUT2D eigenvalue weighted by atomic mass is 35.5. The minimum atomic E-state index is -4.48. The number of nitrogens with one attached hydrogen (secondary N) is 1. The van der Waals surface area contributed by atoms with Crippen molar-refractivity contribution in [3.8, 4) is 0 Å². The third-order valence-electron chi connectivity index (χ3n) is 4.28. The quantitative estimate of drug-likeness (QED) is 0.427. The molecule has 0 atom stereocenters. The molecule has 31 heavy (non-hydrogen) atoms. The first-order chi connectivity index (χ1) is 14.8. The molecule has 4 aromatic rings. The first-order valence-electron chi connectivity index (χ1n) is 9.02. The summed E-state index contributed by atoms with van der Waals surface area (Å²) in [5, 5.41) is 12.8. The molecule has 0 radical (unpaired) electrons. The van der Waals surface area contributed by atoms with Crippen molar-refractivity contribution in [2.24, 2.45) is 0 Å². The van der Waals surface area contributed by atoms with Crippen molar-refractivity contribution in [3.05, 3.63) is 87.1 Å². The largest absolute Gasteiger partial charge is 0.435 e. The molecule has 3 heterocycles. The predicted octanol–water partition coefficient (Wildman–Crippen LogP) is 5.16. The van der Waals surface area contributed by atoms with Gasteiger partial charge in [0.1, 0.15) is 0 Å². The highest BCUT2D eigenvalue weighted by molar-refractivity contribution is 7.12. The minimum Gasteiger partial charge on any atom is -0.321 e. The molecule has 0 fully saturated rings. The van der Waals surface area contributed by atoms with Crippen LogP contribution in [-0.2, 0) is 19.3 Å². The van der Waals surface area contributed by atoms with Gasteiger partial charge in [-0.2, -0.15) is 23.4 Å². The summed E-state index contributed by atoms with van der Waals surface area (Å²) in [6, 6.07) is 9.91. The van der Waals surface area contributed by atoms with E-state index in [1.54, 1.807) is 34.6 Å². The van der Waals surface area contributed by atoms with Gasteiger partial charge in [-0.3, -0.25) is 14.2 Å². The van der Waals surface area contributed by atoms with Gasteiger partial charge in [-0.15, -0.1) is 11.3 Å². The lowest BCUT2D eigenvalue weighted by Crippen LogP contribution is -2.11. The van der Waals surface area contributed by atoms with Crippen LogP contribution in [0.2, 0.25) is 5.02 Å². The molecule has 4 rings (SSSR count). The average molecular weight is 466 g/mol. The second-order valence-corrected chi connectivity index (χ2v) is 8.07. The van der Waals surface area contributed by atoms with Crippen molar-refractivity contribution >= 4 is 34.5 Å². The number of alkyl halides is 3. The molecule has 11 heteroatoms. The van der Waals surface area contributed by atoms with Gasteiger partial charge in [0.2, 0.25) is 0 Å². The highest BCUT2D eigenvalue weighted by Crippen LogP contribution is 2.27. The molecule has 1 amide bonds. The number of thiophene rings is 1. The SMILES string of the molecule is O=C(Nc1cccc(Cn2cc(Cl)cn2)c1)c1cc(Cn2ccc(C(F)(F)F)n2)cs1. The van der Waals surface area contributed by atoms with Gasteiger partial charge in [0.25, 0.3) is 5.91 Å². The molecule has 0 aliphatic carbocycles. The van der Waals surface area contributed by atoms with E-state index < -0.39 is 11.9 Å². The Balaban J connectivity index is 1.40. The molecule has 6 nitrogen and oxygen atoms in total. The smallest absolute Gasteiger partial charge is 0.321 e. The van der Waals surface area contributed by atoms with Gasteiger partial charge >= 0.3 is 6.18 Å². The summed E-state index contributed by atoms with van der Waals surface area (Å²) in [7, 11) is 0. The van der Waals surface area contributed by atoms with Crippen molar-refractivity contribution in [2.75, 3.05) is 5.32 Å². The van der Waals surface area contributed by atoms with Crippen LogP contribution in [0.15, 0.2) is 60.4 Å². The molecule has 0 spiro atoms. The first-order valence-corrected chi connectivity index (χ1v) is 10.3. The molecule has 0 saturated heterocycles. The predicted molar refractivity (Wildman–Crippen MR) is 111 cm³/mol. The van der Waals surface area contributed by atoms with Crippen LogP contribution in [0, 0.1) is 0 Å². The number of hydrogen-bond acceptors (Lipinski definition) is 4. The van der Waals surface area contributed by atoms with Gasteiger partial charge in [0.05, 0.1) is 29.2 Å². The van der Waals surface area contributed by atoms with Crippen molar-refractivity contribution < 1.29 is 18.0 Å². The number of amides is 1. The number of nitrogens with zero attached hydrogens (tertiary/aromatic N) is 4. The van der Waals surface area contributed by atoms with Gasteiger partial charge in [-0.05, 0) is 40.8 Å². The van der Waals surface area contributed by atoms with E-state index in [2.05, 4.69) is 15.5 Å². The minimum absolute atomic E-state index is 0.141.